The van der Waals surface area contributed by atoms with Gasteiger partial charge in [-0.15, -0.1) is 0 Å². The molecule has 6 nitrogen and oxygen atoms in total. The molecule has 0 fully saturated rings. The van der Waals surface area contributed by atoms with Crippen molar-refractivity contribution in [2.75, 3.05) is 0 Å². The Morgan fingerprint density at radius 2 is 1.72 bits per heavy atom. The molecular weight excluding hydrogens is 366 g/mol. The van der Waals surface area contributed by atoms with Crippen LogP contribution in [-0.4, -0.2) is 32.3 Å². The summed E-state index contributed by atoms with van der Waals surface area (Å²) in [6.07, 6.45) is 2.04. The highest BCUT2D eigenvalue weighted by molar-refractivity contribution is 5.78. The first-order chi connectivity index (χ1) is 13.7. The maximum absolute atomic E-state index is 12.6. The number of carboxylic acid groups (broad SMARTS) is 1. The number of hydrogen-bond acceptors (Lipinski definition) is 3. The van der Waals surface area contributed by atoms with Crippen LogP contribution in [0.2, 0.25) is 0 Å². The first-order valence-corrected chi connectivity index (χ1v) is 10.3. The summed E-state index contributed by atoms with van der Waals surface area (Å²) in [6, 6.07) is 8.40. The number of hydrogen-bond donors (Lipinski definition) is 2. The van der Waals surface area contributed by atoms with Crippen molar-refractivity contribution in [2.24, 2.45) is 0 Å². The van der Waals surface area contributed by atoms with E-state index in [9.17, 15) is 14.7 Å². The van der Waals surface area contributed by atoms with Crippen LogP contribution in [0.15, 0.2) is 24.3 Å². The monoisotopic (exact) mass is 399 g/mol. The van der Waals surface area contributed by atoms with E-state index in [1.54, 1.807) is 0 Å². The molecule has 158 valence electrons. The van der Waals surface area contributed by atoms with E-state index in [2.05, 4.69) is 41.6 Å². The Balaban J connectivity index is 2.04. The first-order valence-electron chi connectivity index (χ1n) is 10.3. The maximum atomic E-state index is 12.6. The Morgan fingerprint density at radius 1 is 1.10 bits per heavy atom. The second-order valence-corrected chi connectivity index (χ2v) is 7.90. The molecule has 0 bridgehead atoms. The molecule has 2 rings (SSSR count). The zero-order chi connectivity index (χ0) is 21.6. The molecule has 0 aliphatic heterocycles. The number of aromatic nitrogens is 2. The summed E-state index contributed by atoms with van der Waals surface area (Å²) in [6.45, 7) is 10.6. The van der Waals surface area contributed by atoms with Gasteiger partial charge in [0.25, 0.3) is 0 Å². The number of aliphatic carboxylic acids is 1. The molecule has 6 heteroatoms. The lowest BCUT2D eigenvalue weighted by atomic mass is 9.88. The Bertz CT molecular complexity index is 849. The van der Waals surface area contributed by atoms with Gasteiger partial charge in [0.1, 0.15) is 0 Å². The quantitative estimate of drug-likeness (QED) is 0.634. The van der Waals surface area contributed by atoms with Gasteiger partial charge in [0.15, 0.2) is 0 Å². The van der Waals surface area contributed by atoms with E-state index in [-0.39, 0.29) is 12.3 Å². The molecule has 0 atom stereocenters. The summed E-state index contributed by atoms with van der Waals surface area (Å²) >= 11 is 0. The van der Waals surface area contributed by atoms with E-state index in [1.807, 2.05) is 32.4 Å². The minimum Gasteiger partial charge on any atom is -0.481 e. The summed E-state index contributed by atoms with van der Waals surface area (Å²) in [5.74, 6) is -1.00. The average Bonchev–Trinajstić information content (AvgIpc) is 2.94. The SMILES string of the molecule is CCC(CC)(CC(=O)O)NC(=O)CCc1c(C)nn(Cc2ccc(C)cc2)c1C. The molecule has 0 saturated heterocycles. The molecule has 1 aromatic heterocycles. The van der Waals surface area contributed by atoms with Gasteiger partial charge in [0.05, 0.1) is 18.7 Å². The van der Waals surface area contributed by atoms with Gasteiger partial charge in [0, 0.05) is 17.7 Å². The Morgan fingerprint density at radius 3 is 2.28 bits per heavy atom. The molecule has 0 unspecified atom stereocenters. The topological polar surface area (TPSA) is 84.2 Å². The van der Waals surface area contributed by atoms with E-state index in [4.69, 9.17) is 0 Å². The molecule has 2 N–H and O–H groups in total. The van der Waals surface area contributed by atoms with E-state index in [0.29, 0.717) is 32.2 Å². The molecule has 29 heavy (non-hydrogen) atoms. The van der Waals surface area contributed by atoms with Crippen molar-refractivity contribution in [3.63, 3.8) is 0 Å². The Labute approximate surface area is 173 Å². The fraction of sp³-hybridized carbons (Fsp3) is 0.522. The largest absolute Gasteiger partial charge is 0.481 e. The van der Waals surface area contributed by atoms with Gasteiger partial charge in [0.2, 0.25) is 5.91 Å². The minimum atomic E-state index is -0.891. The predicted molar refractivity (Wildman–Crippen MR) is 114 cm³/mol. The number of aryl methyl sites for hydroxylation is 2. The number of rotatable bonds is 10. The standard InChI is InChI=1S/C23H33N3O3/c1-6-23(7-2,14-22(28)29)24-21(27)13-12-20-17(4)25-26(18(20)5)15-19-10-8-16(3)9-11-19/h8-11H,6-7,12-15H2,1-5H3,(H,24,27)(H,28,29). The second kappa shape index (κ2) is 9.72. The molecule has 0 saturated carbocycles. The number of nitrogens with zero attached hydrogens (tertiary/aromatic N) is 2. The third-order valence-corrected chi connectivity index (χ3v) is 5.83. The van der Waals surface area contributed by atoms with Crippen LogP contribution < -0.4 is 5.32 Å². The summed E-state index contributed by atoms with van der Waals surface area (Å²) in [5.41, 5.74) is 4.83. The van der Waals surface area contributed by atoms with Gasteiger partial charge in [-0.25, -0.2) is 0 Å². The lowest BCUT2D eigenvalue weighted by molar-refractivity contribution is -0.139. The van der Waals surface area contributed by atoms with Crippen LogP contribution in [-0.2, 0) is 22.6 Å². The molecule has 1 amide bonds. The van der Waals surface area contributed by atoms with Crippen LogP contribution in [0, 0.1) is 20.8 Å². The highest BCUT2D eigenvalue weighted by Gasteiger charge is 2.30. The van der Waals surface area contributed by atoms with Gasteiger partial charge >= 0.3 is 5.97 Å². The predicted octanol–water partition coefficient (Wildman–Crippen LogP) is 3.94. The van der Waals surface area contributed by atoms with Crippen molar-refractivity contribution in [2.45, 2.75) is 78.8 Å². The van der Waals surface area contributed by atoms with Crippen LogP contribution in [0.25, 0.3) is 0 Å². The Kier molecular flexibility index (Phi) is 7.59. The zero-order valence-corrected chi connectivity index (χ0v) is 18.2. The number of amides is 1. The average molecular weight is 400 g/mol. The van der Waals surface area contributed by atoms with Gasteiger partial charge in [-0.1, -0.05) is 43.7 Å². The van der Waals surface area contributed by atoms with Gasteiger partial charge < -0.3 is 10.4 Å². The number of benzene rings is 1. The smallest absolute Gasteiger partial charge is 0.305 e. The highest BCUT2D eigenvalue weighted by Crippen LogP contribution is 2.21. The zero-order valence-electron chi connectivity index (χ0n) is 18.2. The maximum Gasteiger partial charge on any atom is 0.305 e. The fourth-order valence-electron chi connectivity index (χ4n) is 3.72. The molecule has 0 spiro atoms. The highest BCUT2D eigenvalue weighted by atomic mass is 16.4. The van der Waals surface area contributed by atoms with Crippen molar-refractivity contribution < 1.29 is 14.7 Å². The van der Waals surface area contributed by atoms with Crippen molar-refractivity contribution in [1.82, 2.24) is 15.1 Å². The fourth-order valence-corrected chi connectivity index (χ4v) is 3.72. The van der Waals surface area contributed by atoms with Crippen molar-refractivity contribution in [3.8, 4) is 0 Å². The molecule has 2 aromatic rings. The summed E-state index contributed by atoms with van der Waals surface area (Å²) < 4.78 is 1.99. The summed E-state index contributed by atoms with van der Waals surface area (Å²) in [4.78, 5) is 23.7. The van der Waals surface area contributed by atoms with Crippen LogP contribution in [0.3, 0.4) is 0 Å². The lowest BCUT2D eigenvalue weighted by Crippen LogP contribution is -2.49. The van der Waals surface area contributed by atoms with Gasteiger partial charge in [-0.05, 0) is 51.2 Å². The molecule has 1 aromatic carbocycles. The van der Waals surface area contributed by atoms with Crippen molar-refractivity contribution in [1.29, 1.82) is 0 Å². The summed E-state index contributed by atoms with van der Waals surface area (Å²) in [5, 5.41) is 16.8. The second-order valence-electron chi connectivity index (χ2n) is 7.90. The van der Waals surface area contributed by atoms with E-state index < -0.39 is 11.5 Å². The first kappa shape index (κ1) is 22.7. The number of carbonyl (C=O) groups is 2. The molecule has 0 radical (unpaired) electrons. The lowest BCUT2D eigenvalue weighted by Gasteiger charge is -2.31. The third kappa shape index (κ3) is 5.92. The number of carbonyl (C=O) groups excluding carboxylic acids is 1. The van der Waals surface area contributed by atoms with E-state index >= 15 is 0 Å². The number of carboxylic acids is 1. The van der Waals surface area contributed by atoms with Crippen LogP contribution in [0.1, 0.15) is 67.6 Å². The van der Waals surface area contributed by atoms with Crippen LogP contribution in [0.5, 0.6) is 0 Å². The third-order valence-electron chi connectivity index (χ3n) is 5.83. The molecular formula is C23H33N3O3. The minimum absolute atomic E-state index is 0.0573. The van der Waals surface area contributed by atoms with E-state index in [1.165, 1.54) is 11.1 Å². The van der Waals surface area contributed by atoms with Crippen LogP contribution in [0.4, 0.5) is 0 Å². The van der Waals surface area contributed by atoms with Crippen molar-refractivity contribution in [3.05, 3.63) is 52.3 Å². The normalized spacial score (nSPS) is 11.5. The van der Waals surface area contributed by atoms with Gasteiger partial charge in [-0.2, -0.15) is 5.10 Å². The molecule has 1 heterocycles. The van der Waals surface area contributed by atoms with Crippen molar-refractivity contribution >= 4 is 11.9 Å². The summed E-state index contributed by atoms with van der Waals surface area (Å²) in [7, 11) is 0. The molecule has 0 aliphatic rings. The Hall–Kier alpha value is -2.63. The van der Waals surface area contributed by atoms with Crippen LogP contribution >= 0.6 is 0 Å². The van der Waals surface area contributed by atoms with E-state index in [0.717, 1.165) is 17.0 Å². The van der Waals surface area contributed by atoms with Gasteiger partial charge in [-0.3, -0.25) is 14.3 Å². The molecule has 0 aliphatic carbocycles. The number of nitrogens with one attached hydrogen (secondary N) is 1.